The Morgan fingerprint density at radius 1 is 1.18 bits per heavy atom. The monoisotopic (exact) mass is 232 g/mol. The van der Waals surface area contributed by atoms with E-state index >= 15 is 0 Å². The fourth-order valence-electron chi connectivity index (χ4n) is 2.66. The lowest BCUT2D eigenvalue weighted by Gasteiger charge is -2.40. The maximum absolute atomic E-state index is 6.47. The molecular weight excluding hydrogens is 208 g/mol. The zero-order valence-corrected chi connectivity index (χ0v) is 11.1. The second kappa shape index (κ2) is 5.19. The minimum absolute atomic E-state index is 0.0380. The molecule has 2 rings (SSSR count). The Morgan fingerprint density at radius 2 is 1.82 bits per heavy atom. The Bertz CT molecular complexity index is 365. The van der Waals surface area contributed by atoms with Crippen LogP contribution in [0.3, 0.4) is 0 Å². The Morgan fingerprint density at radius 3 is 2.35 bits per heavy atom. The summed E-state index contributed by atoms with van der Waals surface area (Å²) in [5.74, 6) is 0. The fourth-order valence-corrected chi connectivity index (χ4v) is 2.66. The molecule has 1 saturated carbocycles. The van der Waals surface area contributed by atoms with Crippen LogP contribution < -0.4 is 5.73 Å². The van der Waals surface area contributed by atoms with Crippen LogP contribution in [0.4, 0.5) is 0 Å². The minimum Gasteiger partial charge on any atom is -0.321 e. The van der Waals surface area contributed by atoms with Gasteiger partial charge in [-0.05, 0) is 43.5 Å². The summed E-state index contributed by atoms with van der Waals surface area (Å²) in [4.78, 5) is 2.45. The quantitative estimate of drug-likeness (QED) is 0.846. The Kier molecular flexibility index (Phi) is 3.85. The number of hydrogen-bond acceptors (Lipinski definition) is 2. The molecule has 0 aliphatic heterocycles. The zero-order chi connectivity index (χ0) is 12.3. The maximum atomic E-state index is 6.47. The van der Waals surface area contributed by atoms with Gasteiger partial charge in [0.2, 0.25) is 0 Å². The molecule has 1 fully saturated rings. The Labute approximate surface area is 105 Å². The molecule has 17 heavy (non-hydrogen) atoms. The van der Waals surface area contributed by atoms with Crippen molar-refractivity contribution in [3.05, 3.63) is 35.4 Å². The van der Waals surface area contributed by atoms with Gasteiger partial charge in [0.05, 0.1) is 0 Å². The van der Waals surface area contributed by atoms with Crippen LogP contribution in [0.5, 0.6) is 0 Å². The largest absolute Gasteiger partial charge is 0.321 e. The Hall–Kier alpha value is -0.860. The Balaban J connectivity index is 2.21. The highest BCUT2D eigenvalue weighted by Crippen LogP contribution is 2.40. The zero-order valence-electron chi connectivity index (χ0n) is 11.1. The van der Waals surface area contributed by atoms with E-state index in [0.717, 1.165) is 32.5 Å². The summed E-state index contributed by atoms with van der Waals surface area (Å²) in [7, 11) is 0. The highest BCUT2D eigenvalue weighted by atomic mass is 15.1. The average molecular weight is 232 g/mol. The van der Waals surface area contributed by atoms with Crippen LogP contribution in [0.2, 0.25) is 0 Å². The van der Waals surface area contributed by atoms with Crippen LogP contribution in [-0.4, -0.2) is 18.0 Å². The summed E-state index contributed by atoms with van der Waals surface area (Å²) in [6.45, 7) is 7.66. The first kappa shape index (κ1) is 12.6. The van der Waals surface area contributed by atoms with Crippen LogP contribution in [0.15, 0.2) is 24.3 Å². The molecule has 1 aliphatic rings. The molecule has 0 bridgehead atoms. The summed E-state index contributed by atoms with van der Waals surface area (Å²) in [6.07, 6.45) is 3.56. The van der Waals surface area contributed by atoms with E-state index in [1.165, 1.54) is 17.5 Å². The minimum atomic E-state index is -0.0380. The van der Waals surface area contributed by atoms with Crippen LogP contribution in [0, 0.1) is 0 Å². The van der Waals surface area contributed by atoms with E-state index in [9.17, 15) is 0 Å². The van der Waals surface area contributed by atoms with Crippen LogP contribution >= 0.6 is 0 Å². The van der Waals surface area contributed by atoms with Crippen molar-refractivity contribution in [3.8, 4) is 0 Å². The van der Waals surface area contributed by atoms with E-state index in [1.807, 2.05) is 0 Å². The van der Waals surface area contributed by atoms with Gasteiger partial charge in [0.1, 0.15) is 0 Å². The van der Waals surface area contributed by atoms with Crippen LogP contribution in [0.25, 0.3) is 0 Å². The topological polar surface area (TPSA) is 29.3 Å². The molecule has 0 unspecified atom stereocenters. The smallest absolute Gasteiger partial charge is 0.0412 e. The molecule has 0 heterocycles. The average Bonchev–Trinajstić information content (AvgIpc) is 2.33. The number of hydrogen-bond donors (Lipinski definition) is 1. The molecule has 0 aromatic heterocycles. The molecule has 2 heteroatoms. The SMILES string of the molecule is CCN(CC)Cc1ccccc1C1(N)CCC1. The first-order valence-corrected chi connectivity index (χ1v) is 6.79. The number of rotatable bonds is 5. The summed E-state index contributed by atoms with van der Waals surface area (Å²) < 4.78 is 0. The van der Waals surface area contributed by atoms with Crippen molar-refractivity contribution in [3.63, 3.8) is 0 Å². The molecule has 2 N–H and O–H groups in total. The molecule has 94 valence electrons. The number of nitrogens with two attached hydrogens (primary N) is 1. The van der Waals surface area contributed by atoms with Crippen molar-refractivity contribution in [1.82, 2.24) is 4.90 Å². The predicted molar refractivity (Wildman–Crippen MR) is 72.8 cm³/mol. The first-order valence-electron chi connectivity index (χ1n) is 6.79. The lowest BCUT2D eigenvalue weighted by Crippen LogP contribution is -2.44. The second-order valence-electron chi connectivity index (χ2n) is 5.13. The van der Waals surface area contributed by atoms with Crippen molar-refractivity contribution in [1.29, 1.82) is 0 Å². The fraction of sp³-hybridized carbons (Fsp3) is 0.600. The second-order valence-corrected chi connectivity index (χ2v) is 5.13. The van der Waals surface area contributed by atoms with Crippen LogP contribution in [-0.2, 0) is 12.1 Å². The first-order chi connectivity index (χ1) is 8.19. The molecule has 0 spiro atoms. The third-order valence-electron chi connectivity index (χ3n) is 4.09. The lowest BCUT2D eigenvalue weighted by molar-refractivity contribution is 0.243. The third-order valence-corrected chi connectivity index (χ3v) is 4.09. The summed E-state index contributed by atoms with van der Waals surface area (Å²) in [6, 6.07) is 8.71. The number of benzene rings is 1. The van der Waals surface area contributed by atoms with Crippen molar-refractivity contribution in [2.24, 2.45) is 5.73 Å². The molecule has 1 aliphatic carbocycles. The van der Waals surface area contributed by atoms with Crippen molar-refractivity contribution >= 4 is 0 Å². The molecule has 2 nitrogen and oxygen atoms in total. The molecule has 0 amide bonds. The summed E-state index contributed by atoms with van der Waals surface area (Å²) in [5.41, 5.74) is 9.22. The van der Waals surface area contributed by atoms with Crippen molar-refractivity contribution in [2.45, 2.75) is 45.2 Å². The van der Waals surface area contributed by atoms with Gasteiger partial charge in [-0.15, -0.1) is 0 Å². The van der Waals surface area contributed by atoms with E-state index in [1.54, 1.807) is 0 Å². The molecule has 1 aromatic carbocycles. The van der Waals surface area contributed by atoms with E-state index in [4.69, 9.17) is 5.73 Å². The highest BCUT2D eigenvalue weighted by Gasteiger charge is 2.35. The summed E-state index contributed by atoms with van der Waals surface area (Å²) in [5, 5.41) is 0. The van der Waals surface area contributed by atoms with Gasteiger partial charge in [-0.3, -0.25) is 4.90 Å². The van der Waals surface area contributed by atoms with Gasteiger partial charge in [-0.2, -0.15) is 0 Å². The van der Waals surface area contributed by atoms with Gasteiger partial charge in [0.15, 0.2) is 0 Å². The molecule has 0 saturated heterocycles. The van der Waals surface area contributed by atoms with Gasteiger partial charge in [0, 0.05) is 12.1 Å². The highest BCUT2D eigenvalue weighted by molar-refractivity contribution is 5.35. The molecule has 0 atom stereocenters. The van der Waals surface area contributed by atoms with Crippen molar-refractivity contribution < 1.29 is 0 Å². The molecule has 1 aromatic rings. The van der Waals surface area contributed by atoms with Gasteiger partial charge >= 0.3 is 0 Å². The van der Waals surface area contributed by atoms with E-state index in [-0.39, 0.29) is 5.54 Å². The van der Waals surface area contributed by atoms with Crippen molar-refractivity contribution in [2.75, 3.05) is 13.1 Å². The van der Waals surface area contributed by atoms with Gasteiger partial charge in [0.25, 0.3) is 0 Å². The molecule has 0 radical (unpaired) electrons. The summed E-state index contributed by atoms with van der Waals surface area (Å²) >= 11 is 0. The third kappa shape index (κ3) is 2.53. The molecular formula is C15H24N2. The van der Waals surface area contributed by atoms with Crippen LogP contribution in [0.1, 0.15) is 44.2 Å². The number of nitrogens with zero attached hydrogens (tertiary/aromatic N) is 1. The van der Waals surface area contributed by atoms with E-state index in [2.05, 4.69) is 43.0 Å². The maximum Gasteiger partial charge on any atom is 0.0412 e. The lowest BCUT2D eigenvalue weighted by atomic mass is 9.71. The van der Waals surface area contributed by atoms with Gasteiger partial charge < -0.3 is 5.73 Å². The standard InChI is InChI=1S/C15H24N2/c1-3-17(4-2)12-13-8-5-6-9-14(13)15(16)10-7-11-15/h5-6,8-9H,3-4,7,10-12,16H2,1-2H3. The predicted octanol–water partition coefficient (Wildman–Crippen LogP) is 2.87. The van der Waals surface area contributed by atoms with Gasteiger partial charge in [-0.1, -0.05) is 38.1 Å². The van der Waals surface area contributed by atoms with E-state index in [0.29, 0.717) is 0 Å². The van der Waals surface area contributed by atoms with E-state index < -0.39 is 0 Å². The normalized spacial score (nSPS) is 18.1. The van der Waals surface area contributed by atoms with Gasteiger partial charge in [-0.25, -0.2) is 0 Å².